The Morgan fingerprint density at radius 3 is 2.89 bits per heavy atom. The van der Waals surface area contributed by atoms with Gasteiger partial charge in [0.25, 0.3) is 0 Å². The number of hydrogen-bond donors (Lipinski definition) is 2. The Kier molecular flexibility index (Phi) is 6.38. The molecule has 0 aliphatic carbocycles. The summed E-state index contributed by atoms with van der Waals surface area (Å²) < 4.78 is 31.1. The van der Waals surface area contributed by atoms with Crippen molar-refractivity contribution in [1.82, 2.24) is 4.72 Å². The number of ether oxygens (including phenoxy) is 1. The van der Waals surface area contributed by atoms with E-state index in [9.17, 15) is 8.42 Å². The Hall–Kier alpha value is -1.53. The highest BCUT2D eigenvalue weighted by Crippen LogP contribution is 2.14. The Bertz CT molecular complexity index is 512. The van der Waals surface area contributed by atoms with E-state index in [4.69, 9.17) is 10.5 Å². The molecular formula is C13H20N2O3S. The van der Waals surface area contributed by atoms with Crippen LogP contribution in [0.2, 0.25) is 0 Å². The highest BCUT2D eigenvalue weighted by molar-refractivity contribution is 7.89. The summed E-state index contributed by atoms with van der Waals surface area (Å²) in [6.45, 7) is 2.40. The number of anilines is 1. The number of sulfonamides is 1. The van der Waals surface area contributed by atoms with Crippen LogP contribution < -0.4 is 15.2 Å². The summed E-state index contributed by atoms with van der Waals surface area (Å²) in [5.74, 6) is 0.501. The molecule has 1 aromatic carbocycles. The van der Waals surface area contributed by atoms with E-state index in [1.54, 1.807) is 24.3 Å². The molecule has 1 aromatic rings. The number of nitrogen functional groups attached to an aromatic ring is 1. The molecule has 0 radical (unpaired) electrons. The van der Waals surface area contributed by atoms with Crippen molar-refractivity contribution in [3.8, 4) is 5.75 Å². The Morgan fingerprint density at radius 2 is 2.21 bits per heavy atom. The zero-order valence-corrected chi connectivity index (χ0v) is 11.8. The van der Waals surface area contributed by atoms with Crippen LogP contribution in [0.25, 0.3) is 0 Å². The van der Waals surface area contributed by atoms with Crippen molar-refractivity contribution in [1.29, 1.82) is 0 Å². The lowest BCUT2D eigenvalue weighted by Gasteiger charge is -2.08. The number of benzene rings is 1. The minimum absolute atomic E-state index is 0.0718. The minimum Gasteiger partial charge on any atom is -0.492 e. The third kappa shape index (κ3) is 6.83. The average molecular weight is 284 g/mol. The maximum Gasteiger partial charge on any atom is 0.214 e. The monoisotopic (exact) mass is 284 g/mol. The van der Waals surface area contributed by atoms with Crippen molar-refractivity contribution in [2.75, 3.05) is 24.6 Å². The first kappa shape index (κ1) is 15.5. The molecule has 0 fully saturated rings. The van der Waals surface area contributed by atoms with E-state index < -0.39 is 10.0 Å². The molecule has 0 unspecified atom stereocenters. The minimum atomic E-state index is -3.28. The van der Waals surface area contributed by atoms with E-state index in [-0.39, 0.29) is 12.4 Å². The summed E-state index contributed by atoms with van der Waals surface area (Å²) >= 11 is 0. The summed E-state index contributed by atoms with van der Waals surface area (Å²) in [6, 6.07) is 6.90. The van der Waals surface area contributed by atoms with Crippen LogP contribution in [0.5, 0.6) is 5.75 Å². The molecule has 0 amide bonds. The molecule has 0 atom stereocenters. The quantitative estimate of drug-likeness (QED) is 0.431. The van der Waals surface area contributed by atoms with Crippen molar-refractivity contribution in [3.63, 3.8) is 0 Å². The van der Waals surface area contributed by atoms with Crippen molar-refractivity contribution in [3.05, 3.63) is 36.4 Å². The maximum absolute atomic E-state index is 11.6. The van der Waals surface area contributed by atoms with Gasteiger partial charge in [-0.3, -0.25) is 0 Å². The number of allylic oxidation sites excluding steroid dienone is 1. The highest BCUT2D eigenvalue weighted by Gasteiger charge is 2.09. The second-order valence-electron chi connectivity index (χ2n) is 3.99. The van der Waals surface area contributed by atoms with E-state index in [1.807, 2.05) is 19.1 Å². The summed E-state index contributed by atoms with van der Waals surface area (Å²) in [4.78, 5) is 0. The molecule has 19 heavy (non-hydrogen) atoms. The van der Waals surface area contributed by atoms with Gasteiger partial charge in [-0.25, -0.2) is 13.1 Å². The summed E-state index contributed by atoms with van der Waals surface area (Å²) in [6.07, 6.45) is 4.48. The normalized spacial score (nSPS) is 11.8. The Morgan fingerprint density at radius 1 is 1.42 bits per heavy atom. The lowest BCUT2D eigenvalue weighted by Crippen LogP contribution is -2.29. The van der Waals surface area contributed by atoms with Crippen LogP contribution in [0.1, 0.15) is 13.3 Å². The SMILES string of the molecule is C/C=C/CCNS(=O)(=O)CCOc1cccc(N)c1. The molecule has 1 rings (SSSR count). The lowest BCUT2D eigenvalue weighted by molar-refractivity contribution is 0.340. The van der Waals surface area contributed by atoms with Gasteiger partial charge in [0.15, 0.2) is 0 Å². The molecule has 0 spiro atoms. The van der Waals surface area contributed by atoms with Crippen LogP contribution in [0.4, 0.5) is 5.69 Å². The highest BCUT2D eigenvalue weighted by atomic mass is 32.2. The van der Waals surface area contributed by atoms with Gasteiger partial charge in [0.1, 0.15) is 12.4 Å². The van der Waals surface area contributed by atoms with Crippen LogP contribution in [0.15, 0.2) is 36.4 Å². The number of nitrogens with one attached hydrogen (secondary N) is 1. The van der Waals surface area contributed by atoms with Crippen LogP contribution in [-0.2, 0) is 10.0 Å². The van der Waals surface area contributed by atoms with Gasteiger partial charge in [-0.1, -0.05) is 18.2 Å². The summed E-state index contributed by atoms with van der Waals surface area (Å²) in [7, 11) is -3.28. The zero-order chi connectivity index (χ0) is 14.1. The van der Waals surface area contributed by atoms with Gasteiger partial charge in [0.2, 0.25) is 10.0 Å². The third-order valence-electron chi connectivity index (χ3n) is 2.35. The third-order valence-corrected chi connectivity index (χ3v) is 3.70. The summed E-state index contributed by atoms with van der Waals surface area (Å²) in [5.41, 5.74) is 6.18. The van der Waals surface area contributed by atoms with Gasteiger partial charge >= 0.3 is 0 Å². The Labute approximate surface area is 114 Å². The fourth-order valence-corrected chi connectivity index (χ4v) is 2.29. The van der Waals surface area contributed by atoms with Crippen LogP contribution in [-0.4, -0.2) is 27.3 Å². The van der Waals surface area contributed by atoms with Gasteiger partial charge in [-0.2, -0.15) is 0 Å². The smallest absolute Gasteiger partial charge is 0.214 e. The van der Waals surface area contributed by atoms with Crippen molar-refractivity contribution in [2.24, 2.45) is 0 Å². The molecule has 106 valence electrons. The maximum atomic E-state index is 11.6. The first-order valence-corrected chi connectivity index (χ1v) is 7.75. The topological polar surface area (TPSA) is 81.4 Å². The van der Waals surface area contributed by atoms with Gasteiger partial charge in [-0.05, 0) is 25.5 Å². The Balaban J connectivity index is 2.31. The molecule has 0 aromatic heterocycles. The standard InChI is InChI=1S/C13H20N2O3S/c1-2-3-4-8-15-19(16,17)10-9-18-13-7-5-6-12(14)11-13/h2-3,5-7,11,15H,4,8-10,14H2,1H3/b3-2+. The number of nitrogens with two attached hydrogens (primary N) is 1. The molecule has 0 aliphatic rings. The summed E-state index contributed by atoms with van der Waals surface area (Å²) in [5, 5.41) is 0. The van der Waals surface area contributed by atoms with Gasteiger partial charge in [0, 0.05) is 18.3 Å². The first-order valence-electron chi connectivity index (χ1n) is 6.10. The van der Waals surface area contributed by atoms with Crippen LogP contribution in [0, 0.1) is 0 Å². The largest absolute Gasteiger partial charge is 0.492 e. The molecular weight excluding hydrogens is 264 g/mol. The second-order valence-corrected chi connectivity index (χ2v) is 5.92. The molecule has 6 heteroatoms. The zero-order valence-electron chi connectivity index (χ0n) is 11.0. The molecule has 5 nitrogen and oxygen atoms in total. The number of hydrogen-bond acceptors (Lipinski definition) is 4. The van der Waals surface area contributed by atoms with Crippen molar-refractivity contribution < 1.29 is 13.2 Å². The molecule has 0 heterocycles. The van der Waals surface area contributed by atoms with Crippen LogP contribution >= 0.6 is 0 Å². The van der Waals surface area contributed by atoms with E-state index in [0.717, 1.165) is 0 Å². The fraction of sp³-hybridized carbons (Fsp3) is 0.385. The molecule has 0 bridgehead atoms. The average Bonchev–Trinajstić information content (AvgIpc) is 2.35. The van der Waals surface area contributed by atoms with Gasteiger partial charge in [0.05, 0.1) is 5.75 Å². The van der Waals surface area contributed by atoms with Crippen molar-refractivity contribution >= 4 is 15.7 Å². The van der Waals surface area contributed by atoms with Gasteiger partial charge in [-0.15, -0.1) is 0 Å². The second kappa shape index (κ2) is 7.81. The van der Waals surface area contributed by atoms with Crippen LogP contribution in [0.3, 0.4) is 0 Å². The van der Waals surface area contributed by atoms with E-state index >= 15 is 0 Å². The van der Waals surface area contributed by atoms with E-state index in [1.165, 1.54) is 0 Å². The van der Waals surface area contributed by atoms with E-state index in [2.05, 4.69) is 4.72 Å². The predicted molar refractivity (Wildman–Crippen MR) is 77.6 cm³/mol. The molecule has 3 N–H and O–H groups in total. The van der Waals surface area contributed by atoms with Gasteiger partial charge < -0.3 is 10.5 Å². The molecule has 0 aliphatic heterocycles. The molecule has 0 saturated heterocycles. The first-order chi connectivity index (χ1) is 9.03. The van der Waals surface area contributed by atoms with Crippen molar-refractivity contribution in [2.45, 2.75) is 13.3 Å². The molecule has 0 saturated carbocycles. The number of rotatable bonds is 8. The fourth-order valence-electron chi connectivity index (χ4n) is 1.41. The predicted octanol–water partition coefficient (Wildman–Crippen LogP) is 1.53. The lowest BCUT2D eigenvalue weighted by atomic mass is 10.3. The van der Waals surface area contributed by atoms with E-state index in [0.29, 0.717) is 24.4 Å².